The Labute approximate surface area is 133 Å². The molecule has 1 unspecified atom stereocenters. The molecule has 1 heterocycles. The molecular formula is C16H18BrNO3. The third-order valence-electron chi connectivity index (χ3n) is 2.87. The van der Waals surface area contributed by atoms with E-state index in [9.17, 15) is 0 Å². The van der Waals surface area contributed by atoms with Gasteiger partial charge in [0.1, 0.15) is 12.9 Å². The van der Waals surface area contributed by atoms with Gasteiger partial charge in [-0.2, -0.15) is 0 Å². The van der Waals surface area contributed by atoms with Crippen LogP contribution in [0.1, 0.15) is 17.4 Å². The number of pyridine rings is 1. The molecule has 0 fully saturated rings. The molecule has 1 atom stereocenters. The van der Waals surface area contributed by atoms with Gasteiger partial charge in [-0.15, -0.1) is 0 Å². The maximum atomic E-state index is 5.85. The van der Waals surface area contributed by atoms with Crippen LogP contribution in [0.5, 0.6) is 0 Å². The molecule has 0 saturated carbocycles. The van der Waals surface area contributed by atoms with Crippen LogP contribution in [0.25, 0.3) is 0 Å². The second kappa shape index (κ2) is 8.89. The van der Waals surface area contributed by atoms with Crippen LogP contribution >= 0.6 is 15.9 Å². The standard InChI is InChI=1S/C16H18BrNO3/c1-19-9-10-20-12-21-16(13-5-3-2-4-6-13)15-8-7-14(17)11-18-15/h2-8,11,16H,9-10,12H2,1H3. The topological polar surface area (TPSA) is 40.6 Å². The first-order valence-electron chi connectivity index (χ1n) is 6.66. The zero-order valence-electron chi connectivity index (χ0n) is 11.9. The molecule has 0 aliphatic carbocycles. The molecule has 0 amide bonds. The summed E-state index contributed by atoms with van der Waals surface area (Å²) in [6.45, 7) is 1.25. The molecule has 112 valence electrons. The van der Waals surface area contributed by atoms with E-state index in [1.54, 1.807) is 13.3 Å². The summed E-state index contributed by atoms with van der Waals surface area (Å²) in [5.41, 5.74) is 1.89. The fourth-order valence-electron chi connectivity index (χ4n) is 1.84. The second-order valence-electron chi connectivity index (χ2n) is 4.38. The highest BCUT2D eigenvalue weighted by Gasteiger charge is 2.16. The van der Waals surface area contributed by atoms with Crippen LogP contribution in [0.15, 0.2) is 53.1 Å². The molecule has 2 rings (SSSR count). The van der Waals surface area contributed by atoms with Crippen molar-refractivity contribution in [1.29, 1.82) is 0 Å². The molecule has 0 radical (unpaired) electrons. The summed E-state index contributed by atoms with van der Waals surface area (Å²) in [7, 11) is 1.64. The summed E-state index contributed by atoms with van der Waals surface area (Å²) < 4.78 is 17.1. The van der Waals surface area contributed by atoms with E-state index >= 15 is 0 Å². The molecule has 1 aromatic carbocycles. The van der Waals surface area contributed by atoms with Crippen LogP contribution in [0, 0.1) is 0 Å². The first kappa shape index (κ1) is 16.1. The number of nitrogens with zero attached hydrogens (tertiary/aromatic N) is 1. The molecule has 0 aliphatic rings. The van der Waals surface area contributed by atoms with Crippen LogP contribution in [0.3, 0.4) is 0 Å². The van der Waals surface area contributed by atoms with Gasteiger partial charge in [-0.3, -0.25) is 4.98 Å². The van der Waals surface area contributed by atoms with Crippen LogP contribution in [0.4, 0.5) is 0 Å². The fraction of sp³-hybridized carbons (Fsp3) is 0.312. The summed E-state index contributed by atoms with van der Waals surface area (Å²) in [5.74, 6) is 0. The number of ether oxygens (including phenoxy) is 3. The maximum absolute atomic E-state index is 5.85. The molecule has 1 aromatic heterocycles. The summed E-state index contributed by atoms with van der Waals surface area (Å²) in [6, 6.07) is 13.9. The van der Waals surface area contributed by atoms with Gasteiger partial charge in [0.2, 0.25) is 0 Å². The number of aromatic nitrogens is 1. The van der Waals surface area contributed by atoms with Crippen molar-refractivity contribution in [2.45, 2.75) is 6.10 Å². The Kier molecular flexibility index (Phi) is 6.82. The first-order valence-corrected chi connectivity index (χ1v) is 7.45. The molecule has 2 aromatic rings. The van der Waals surface area contributed by atoms with Crippen LogP contribution in [-0.4, -0.2) is 32.1 Å². The smallest absolute Gasteiger partial charge is 0.148 e. The Bertz CT molecular complexity index is 519. The summed E-state index contributed by atoms with van der Waals surface area (Å²) in [4.78, 5) is 4.42. The Morgan fingerprint density at radius 1 is 1.10 bits per heavy atom. The number of methoxy groups -OCH3 is 1. The summed E-state index contributed by atoms with van der Waals surface area (Å²) in [5, 5.41) is 0. The minimum Gasteiger partial charge on any atom is -0.382 e. The Morgan fingerprint density at radius 2 is 1.90 bits per heavy atom. The lowest BCUT2D eigenvalue weighted by Gasteiger charge is -2.18. The predicted octanol–water partition coefficient (Wildman–Crippen LogP) is 3.57. The van der Waals surface area contributed by atoms with E-state index in [2.05, 4.69) is 20.9 Å². The molecule has 0 spiro atoms. The van der Waals surface area contributed by atoms with Crippen molar-refractivity contribution in [3.05, 3.63) is 64.4 Å². The second-order valence-corrected chi connectivity index (χ2v) is 5.29. The van der Waals surface area contributed by atoms with E-state index in [1.165, 1.54) is 0 Å². The van der Waals surface area contributed by atoms with Crippen molar-refractivity contribution in [2.75, 3.05) is 27.1 Å². The third kappa shape index (κ3) is 5.21. The molecule has 21 heavy (non-hydrogen) atoms. The molecule has 4 nitrogen and oxygen atoms in total. The highest BCUT2D eigenvalue weighted by molar-refractivity contribution is 9.10. The average molecular weight is 352 g/mol. The number of hydrogen-bond donors (Lipinski definition) is 0. The Hall–Kier alpha value is -1.27. The SMILES string of the molecule is COCCOCOC(c1ccccc1)c1ccc(Br)cn1. The first-order chi connectivity index (χ1) is 10.3. The van der Waals surface area contributed by atoms with Gasteiger partial charge in [-0.25, -0.2) is 0 Å². The van der Waals surface area contributed by atoms with E-state index in [-0.39, 0.29) is 12.9 Å². The van der Waals surface area contributed by atoms with Crippen molar-refractivity contribution < 1.29 is 14.2 Å². The molecule has 0 bridgehead atoms. The lowest BCUT2D eigenvalue weighted by Crippen LogP contribution is -2.12. The van der Waals surface area contributed by atoms with Gasteiger partial charge in [-0.1, -0.05) is 30.3 Å². The van der Waals surface area contributed by atoms with Gasteiger partial charge in [0.25, 0.3) is 0 Å². The van der Waals surface area contributed by atoms with E-state index < -0.39 is 0 Å². The third-order valence-corrected chi connectivity index (χ3v) is 3.34. The largest absolute Gasteiger partial charge is 0.382 e. The lowest BCUT2D eigenvalue weighted by atomic mass is 10.1. The Morgan fingerprint density at radius 3 is 2.57 bits per heavy atom. The fourth-order valence-corrected chi connectivity index (χ4v) is 2.07. The van der Waals surface area contributed by atoms with Gasteiger partial charge in [0.05, 0.1) is 18.9 Å². The van der Waals surface area contributed by atoms with Gasteiger partial charge in [0, 0.05) is 17.8 Å². The number of hydrogen-bond acceptors (Lipinski definition) is 4. The summed E-state index contributed by atoms with van der Waals surface area (Å²) in [6.07, 6.45) is 1.52. The highest BCUT2D eigenvalue weighted by atomic mass is 79.9. The van der Waals surface area contributed by atoms with Gasteiger partial charge in [-0.05, 0) is 33.6 Å². The van der Waals surface area contributed by atoms with Crippen molar-refractivity contribution in [2.24, 2.45) is 0 Å². The molecular weight excluding hydrogens is 334 g/mol. The zero-order chi connectivity index (χ0) is 14.9. The normalized spacial score (nSPS) is 12.3. The molecule has 5 heteroatoms. The minimum absolute atomic E-state index is 0.195. The van der Waals surface area contributed by atoms with Crippen LogP contribution < -0.4 is 0 Å². The van der Waals surface area contributed by atoms with Gasteiger partial charge >= 0.3 is 0 Å². The Balaban J connectivity index is 2.06. The van der Waals surface area contributed by atoms with Crippen molar-refractivity contribution in [1.82, 2.24) is 4.98 Å². The van der Waals surface area contributed by atoms with Crippen molar-refractivity contribution in [3.8, 4) is 0 Å². The maximum Gasteiger partial charge on any atom is 0.148 e. The zero-order valence-corrected chi connectivity index (χ0v) is 13.5. The van der Waals surface area contributed by atoms with Crippen molar-refractivity contribution >= 4 is 15.9 Å². The van der Waals surface area contributed by atoms with E-state index in [0.29, 0.717) is 13.2 Å². The quantitative estimate of drug-likeness (QED) is 0.538. The molecule has 0 aliphatic heterocycles. The minimum atomic E-state index is -0.248. The number of halogens is 1. The highest BCUT2D eigenvalue weighted by Crippen LogP contribution is 2.25. The van der Waals surface area contributed by atoms with Crippen molar-refractivity contribution in [3.63, 3.8) is 0 Å². The predicted molar refractivity (Wildman–Crippen MR) is 84.0 cm³/mol. The monoisotopic (exact) mass is 351 g/mol. The number of benzene rings is 1. The van der Waals surface area contributed by atoms with Crippen LogP contribution in [-0.2, 0) is 14.2 Å². The van der Waals surface area contributed by atoms with E-state index in [4.69, 9.17) is 14.2 Å². The number of rotatable bonds is 8. The summed E-state index contributed by atoms with van der Waals surface area (Å²) >= 11 is 3.39. The van der Waals surface area contributed by atoms with E-state index in [0.717, 1.165) is 15.7 Å². The van der Waals surface area contributed by atoms with Gasteiger partial charge < -0.3 is 14.2 Å². The lowest BCUT2D eigenvalue weighted by molar-refractivity contribution is -0.0888. The molecule has 0 N–H and O–H groups in total. The average Bonchev–Trinajstić information content (AvgIpc) is 2.53. The van der Waals surface area contributed by atoms with Crippen LogP contribution in [0.2, 0.25) is 0 Å². The van der Waals surface area contributed by atoms with Gasteiger partial charge in [0.15, 0.2) is 0 Å². The van der Waals surface area contributed by atoms with E-state index in [1.807, 2.05) is 42.5 Å². The molecule has 0 saturated heterocycles.